The Morgan fingerprint density at radius 2 is 1.32 bits per heavy atom. The van der Waals surface area contributed by atoms with Gasteiger partial charge in [-0.2, -0.15) is 5.11 Å². The standard InChI is InChI=1S/C16H12N2O7S2.Na/c19-15-8-1-10-9-13(27(23,24)25)6-7-14(10)16(15)18-17-11-2-4-12(5-3-11)26(20,21)22;/h1-9,19H,(H,20,21,22)(H,23,24,25);/q;+1/p-2. The van der Waals surface area contributed by atoms with E-state index in [4.69, 9.17) is 0 Å². The third-order valence-electron chi connectivity index (χ3n) is 3.62. The summed E-state index contributed by atoms with van der Waals surface area (Å²) in [5.41, 5.74) is 0.250. The summed E-state index contributed by atoms with van der Waals surface area (Å²) in [6, 6.07) is 10.9. The molecule has 0 aliphatic carbocycles. The molecular weight excluding hydrogens is 419 g/mol. The number of benzene rings is 3. The fraction of sp³-hybridized carbons (Fsp3) is 0. The smallest absolute Gasteiger partial charge is 0.744 e. The second kappa shape index (κ2) is 8.25. The fourth-order valence-electron chi connectivity index (χ4n) is 2.33. The summed E-state index contributed by atoms with van der Waals surface area (Å²) in [5, 5.41) is 18.5. The summed E-state index contributed by atoms with van der Waals surface area (Å²) in [5.74, 6) is -0.234. The molecule has 12 heteroatoms. The quantitative estimate of drug-likeness (QED) is 0.341. The van der Waals surface area contributed by atoms with Gasteiger partial charge in [-0.3, -0.25) is 0 Å². The van der Waals surface area contributed by atoms with Gasteiger partial charge in [0.15, 0.2) is 0 Å². The summed E-state index contributed by atoms with van der Waals surface area (Å²) in [6.07, 6.45) is 0. The van der Waals surface area contributed by atoms with E-state index in [0.29, 0.717) is 10.8 Å². The van der Waals surface area contributed by atoms with Crippen molar-refractivity contribution in [3.63, 3.8) is 0 Å². The maximum Gasteiger partial charge on any atom is 1.00 e. The van der Waals surface area contributed by atoms with Gasteiger partial charge in [0.1, 0.15) is 31.7 Å². The Morgan fingerprint density at radius 1 is 0.750 bits per heavy atom. The van der Waals surface area contributed by atoms with Gasteiger partial charge in [0.25, 0.3) is 0 Å². The third-order valence-corrected chi connectivity index (χ3v) is 5.30. The van der Waals surface area contributed by atoms with Crippen LogP contribution in [0.4, 0.5) is 11.4 Å². The minimum absolute atomic E-state index is 0. The molecule has 0 radical (unpaired) electrons. The third kappa shape index (κ3) is 4.94. The topological polar surface area (TPSA) is 159 Å². The van der Waals surface area contributed by atoms with E-state index in [1.54, 1.807) is 0 Å². The van der Waals surface area contributed by atoms with Crippen LogP contribution in [0.25, 0.3) is 10.8 Å². The van der Waals surface area contributed by atoms with Gasteiger partial charge in [-0.25, -0.2) is 16.8 Å². The monoisotopic (exact) mass is 429 g/mol. The normalized spacial score (nSPS) is 12.2. The molecule has 1 N–H and O–H groups in total. The van der Waals surface area contributed by atoms with E-state index in [1.165, 1.54) is 30.3 Å². The van der Waals surface area contributed by atoms with Gasteiger partial charge in [0, 0.05) is 5.39 Å². The number of phenols is 1. The molecule has 140 valence electrons. The Bertz CT molecular complexity index is 1270. The molecule has 0 atom stereocenters. The van der Waals surface area contributed by atoms with E-state index in [-0.39, 0.29) is 46.7 Å². The molecule has 0 aliphatic heterocycles. The second-order valence-corrected chi connectivity index (χ2v) is 8.18. The van der Waals surface area contributed by atoms with E-state index >= 15 is 0 Å². The average Bonchev–Trinajstić information content (AvgIpc) is 2.59. The molecule has 0 spiro atoms. The summed E-state index contributed by atoms with van der Waals surface area (Å²) in [4.78, 5) is -0.834. The maximum atomic E-state index is 11.1. The predicted octanol–water partition coefficient (Wildman–Crippen LogP) is -0.227. The molecular formula is C16H10N2NaO7S2-. The van der Waals surface area contributed by atoms with Crippen molar-refractivity contribution in [2.24, 2.45) is 10.2 Å². The van der Waals surface area contributed by atoms with Gasteiger partial charge in [-0.1, -0.05) is 12.1 Å². The van der Waals surface area contributed by atoms with Crippen LogP contribution >= 0.6 is 0 Å². The average molecular weight is 429 g/mol. The van der Waals surface area contributed by atoms with E-state index in [0.717, 1.165) is 24.3 Å². The number of hydrogen-bond acceptors (Lipinski definition) is 9. The largest absolute Gasteiger partial charge is 1.00 e. The van der Waals surface area contributed by atoms with Crippen LogP contribution < -0.4 is 29.6 Å². The van der Waals surface area contributed by atoms with Crippen molar-refractivity contribution in [1.82, 2.24) is 0 Å². The zero-order chi connectivity index (χ0) is 19.8. The Hall–Kier alpha value is -1.86. The van der Waals surface area contributed by atoms with Crippen molar-refractivity contribution in [2.45, 2.75) is 9.79 Å². The van der Waals surface area contributed by atoms with Crippen LogP contribution in [0.3, 0.4) is 0 Å². The number of aromatic hydroxyl groups is 1. The van der Waals surface area contributed by atoms with Crippen molar-refractivity contribution in [3.8, 4) is 5.75 Å². The molecule has 0 aromatic heterocycles. The number of nitrogens with zero attached hydrogens (tertiary/aromatic N) is 2. The van der Waals surface area contributed by atoms with Gasteiger partial charge < -0.3 is 14.2 Å². The molecule has 0 saturated heterocycles. The maximum absolute atomic E-state index is 11.1. The molecule has 0 unspecified atom stereocenters. The molecule has 9 nitrogen and oxygen atoms in total. The van der Waals surface area contributed by atoms with Gasteiger partial charge in [0.2, 0.25) is 0 Å². The first-order valence-electron chi connectivity index (χ1n) is 7.25. The molecule has 3 rings (SSSR count). The van der Waals surface area contributed by atoms with Crippen LogP contribution in [0, 0.1) is 0 Å². The number of azo groups is 1. The van der Waals surface area contributed by atoms with Gasteiger partial charge in [0.05, 0.1) is 15.5 Å². The van der Waals surface area contributed by atoms with Crippen LogP contribution in [0.2, 0.25) is 0 Å². The van der Waals surface area contributed by atoms with Crippen molar-refractivity contribution in [1.29, 1.82) is 0 Å². The van der Waals surface area contributed by atoms with E-state index in [2.05, 4.69) is 10.2 Å². The number of rotatable bonds is 4. The molecule has 28 heavy (non-hydrogen) atoms. The van der Waals surface area contributed by atoms with Crippen LogP contribution in [-0.2, 0) is 20.2 Å². The predicted molar refractivity (Wildman–Crippen MR) is 92.2 cm³/mol. The van der Waals surface area contributed by atoms with Crippen molar-refractivity contribution < 1.29 is 60.6 Å². The molecule has 0 amide bonds. The first-order chi connectivity index (χ1) is 12.6. The zero-order valence-corrected chi connectivity index (χ0v) is 17.9. The van der Waals surface area contributed by atoms with E-state index < -0.39 is 30.0 Å². The van der Waals surface area contributed by atoms with Crippen LogP contribution in [-0.4, -0.2) is 31.0 Å². The Balaban J connectivity index is 0.00000280. The minimum Gasteiger partial charge on any atom is -0.744 e. The van der Waals surface area contributed by atoms with Gasteiger partial charge >= 0.3 is 29.6 Å². The number of fused-ring (bicyclic) bond motifs is 1. The Labute approximate surface area is 182 Å². The summed E-state index contributed by atoms with van der Waals surface area (Å²) >= 11 is 0. The Morgan fingerprint density at radius 3 is 1.89 bits per heavy atom. The molecule has 0 aliphatic rings. The summed E-state index contributed by atoms with van der Waals surface area (Å²) < 4.78 is 66.1. The number of hydrogen-bond donors (Lipinski definition) is 1. The molecule has 3 aromatic carbocycles. The molecule has 0 heterocycles. The first-order valence-corrected chi connectivity index (χ1v) is 10.1. The van der Waals surface area contributed by atoms with Crippen LogP contribution in [0.5, 0.6) is 5.75 Å². The second-order valence-electron chi connectivity index (χ2n) is 5.42. The zero-order valence-electron chi connectivity index (χ0n) is 14.3. The van der Waals surface area contributed by atoms with Gasteiger partial charge in [-0.05, 0) is 47.9 Å². The molecule has 0 bridgehead atoms. The number of phenolic OH excluding ortho intramolecular Hbond substituents is 1. The molecule has 3 aromatic rings. The Kier molecular flexibility index (Phi) is 6.61. The van der Waals surface area contributed by atoms with Crippen molar-refractivity contribution in [3.05, 3.63) is 54.6 Å². The van der Waals surface area contributed by atoms with Crippen molar-refractivity contribution in [2.75, 3.05) is 0 Å². The van der Waals surface area contributed by atoms with Gasteiger partial charge in [-0.15, -0.1) is 5.11 Å². The minimum atomic E-state index is -4.63. The van der Waals surface area contributed by atoms with E-state index in [9.17, 15) is 31.0 Å². The van der Waals surface area contributed by atoms with E-state index in [1.807, 2.05) is 0 Å². The fourth-order valence-corrected chi connectivity index (χ4v) is 3.30. The van der Waals surface area contributed by atoms with Crippen molar-refractivity contribution >= 4 is 42.4 Å². The summed E-state index contributed by atoms with van der Waals surface area (Å²) in [6.45, 7) is 0. The molecule has 0 fully saturated rings. The first kappa shape index (κ1) is 22.4. The van der Waals surface area contributed by atoms with Crippen LogP contribution in [0.15, 0.2) is 74.6 Å². The SMILES string of the molecule is O=S(=O)([O-])c1ccc(N=Nc2c(O)ccc3cc(S(=O)(=O)[O-])ccc23)cc1.[Na+]. The van der Waals surface area contributed by atoms with Crippen LogP contribution in [0.1, 0.15) is 0 Å². The molecule has 0 saturated carbocycles. The summed E-state index contributed by atoms with van der Waals surface area (Å²) in [7, 11) is -9.21.